The summed E-state index contributed by atoms with van der Waals surface area (Å²) in [4.78, 5) is 10.2. The van der Waals surface area contributed by atoms with Crippen molar-refractivity contribution in [2.24, 2.45) is 0 Å². The van der Waals surface area contributed by atoms with Crippen LogP contribution in [0.15, 0.2) is 24.8 Å². The molecule has 3 nitrogen and oxygen atoms in total. The van der Waals surface area contributed by atoms with E-state index in [1.165, 1.54) is 6.07 Å². The molecule has 0 aliphatic rings. The summed E-state index contributed by atoms with van der Waals surface area (Å²) < 4.78 is 0. The highest BCUT2D eigenvalue weighted by Crippen LogP contribution is 2.20. The van der Waals surface area contributed by atoms with Gasteiger partial charge >= 0.3 is 0 Å². The molecule has 15 heavy (non-hydrogen) atoms. The molecule has 0 spiro atoms. The molecule has 0 fully saturated rings. The summed E-state index contributed by atoms with van der Waals surface area (Å²) in [6.07, 6.45) is 4.75. The minimum atomic E-state index is -0.359. The van der Waals surface area contributed by atoms with Crippen molar-refractivity contribution in [3.05, 3.63) is 46.0 Å². The SMILES string of the molecule is C=Cc1ccc([N+](=O)[O-])cc1CCCC. The van der Waals surface area contributed by atoms with Crippen LogP contribution in [-0.2, 0) is 6.42 Å². The summed E-state index contributed by atoms with van der Waals surface area (Å²) in [7, 11) is 0. The Bertz CT molecular complexity index is 372. The molecule has 0 heterocycles. The predicted molar refractivity (Wildman–Crippen MR) is 61.8 cm³/mol. The third-order valence-electron chi connectivity index (χ3n) is 2.36. The lowest BCUT2D eigenvalue weighted by atomic mass is 10.0. The van der Waals surface area contributed by atoms with E-state index >= 15 is 0 Å². The molecule has 1 aromatic rings. The van der Waals surface area contributed by atoms with Crippen molar-refractivity contribution in [3.63, 3.8) is 0 Å². The number of unbranched alkanes of at least 4 members (excludes halogenated alkanes) is 1. The van der Waals surface area contributed by atoms with Crippen LogP contribution in [0, 0.1) is 10.1 Å². The molecular weight excluding hydrogens is 190 g/mol. The fourth-order valence-corrected chi connectivity index (χ4v) is 1.49. The highest BCUT2D eigenvalue weighted by molar-refractivity contribution is 5.55. The minimum absolute atomic E-state index is 0.159. The van der Waals surface area contributed by atoms with Gasteiger partial charge in [0.05, 0.1) is 4.92 Å². The van der Waals surface area contributed by atoms with Crippen molar-refractivity contribution >= 4 is 11.8 Å². The topological polar surface area (TPSA) is 43.1 Å². The summed E-state index contributed by atoms with van der Waals surface area (Å²) in [6.45, 7) is 5.81. The molecule has 0 aliphatic carbocycles. The van der Waals surface area contributed by atoms with Crippen molar-refractivity contribution in [2.45, 2.75) is 26.2 Å². The Balaban J connectivity index is 3.01. The van der Waals surface area contributed by atoms with Crippen LogP contribution in [0.2, 0.25) is 0 Å². The van der Waals surface area contributed by atoms with Crippen LogP contribution in [0.3, 0.4) is 0 Å². The zero-order valence-corrected chi connectivity index (χ0v) is 8.90. The molecule has 0 saturated carbocycles. The number of non-ortho nitro benzene ring substituents is 1. The van der Waals surface area contributed by atoms with Gasteiger partial charge in [-0.1, -0.05) is 26.0 Å². The van der Waals surface area contributed by atoms with Gasteiger partial charge in [-0.15, -0.1) is 0 Å². The average molecular weight is 205 g/mol. The van der Waals surface area contributed by atoms with Gasteiger partial charge in [0.15, 0.2) is 0 Å². The maximum atomic E-state index is 10.6. The van der Waals surface area contributed by atoms with E-state index in [2.05, 4.69) is 13.5 Å². The molecule has 0 aromatic heterocycles. The Labute approximate surface area is 89.6 Å². The smallest absolute Gasteiger partial charge is 0.258 e. The predicted octanol–water partition coefficient (Wildman–Crippen LogP) is 3.58. The van der Waals surface area contributed by atoms with Crippen LogP contribution in [0.4, 0.5) is 5.69 Å². The lowest BCUT2D eigenvalue weighted by Gasteiger charge is -2.04. The lowest BCUT2D eigenvalue weighted by molar-refractivity contribution is -0.384. The van der Waals surface area contributed by atoms with Gasteiger partial charge in [0.25, 0.3) is 5.69 Å². The number of nitrogens with zero attached hydrogens (tertiary/aromatic N) is 1. The minimum Gasteiger partial charge on any atom is -0.258 e. The normalized spacial score (nSPS) is 9.93. The third kappa shape index (κ3) is 2.91. The second-order valence-corrected chi connectivity index (χ2v) is 3.45. The first-order chi connectivity index (χ1) is 7.19. The Kier molecular flexibility index (Phi) is 4.03. The number of rotatable bonds is 5. The van der Waals surface area contributed by atoms with Crippen molar-refractivity contribution in [2.75, 3.05) is 0 Å². The van der Waals surface area contributed by atoms with Crippen LogP contribution >= 0.6 is 0 Å². The van der Waals surface area contributed by atoms with Crippen molar-refractivity contribution in [1.82, 2.24) is 0 Å². The highest BCUT2D eigenvalue weighted by atomic mass is 16.6. The Hall–Kier alpha value is -1.64. The van der Waals surface area contributed by atoms with Gasteiger partial charge < -0.3 is 0 Å². The highest BCUT2D eigenvalue weighted by Gasteiger charge is 2.08. The standard InChI is InChI=1S/C12H15NO2/c1-3-5-6-11-9-12(13(14)15)8-7-10(11)4-2/h4,7-9H,2-3,5-6H2,1H3. The largest absolute Gasteiger partial charge is 0.269 e. The lowest BCUT2D eigenvalue weighted by Crippen LogP contribution is -1.94. The third-order valence-corrected chi connectivity index (χ3v) is 2.36. The van der Waals surface area contributed by atoms with Crippen LogP contribution in [0.25, 0.3) is 6.08 Å². The molecule has 0 unspecified atom stereocenters. The zero-order valence-electron chi connectivity index (χ0n) is 8.90. The van der Waals surface area contributed by atoms with E-state index in [1.54, 1.807) is 18.2 Å². The Morgan fingerprint density at radius 3 is 2.80 bits per heavy atom. The van der Waals surface area contributed by atoms with Gasteiger partial charge in [0.2, 0.25) is 0 Å². The maximum absolute atomic E-state index is 10.6. The molecule has 0 bridgehead atoms. The summed E-state index contributed by atoms with van der Waals surface area (Å²) in [5.74, 6) is 0. The van der Waals surface area contributed by atoms with Crippen molar-refractivity contribution in [1.29, 1.82) is 0 Å². The molecular formula is C12H15NO2. The van der Waals surface area contributed by atoms with Gasteiger partial charge in [-0.2, -0.15) is 0 Å². The number of hydrogen-bond donors (Lipinski definition) is 0. The van der Waals surface area contributed by atoms with E-state index in [9.17, 15) is 10.1 Å². The number of nitro groups is 1. The number of hydrogen-bond acceptors (Lipinski definition) is 2. The van der Waals surface area contributed by atoms with E-state index < -0.39 is 0 Å². The van der Waals surface area contributed by atoms with E-state index in [4.69, 9.17) is 0 Å². The van der Waals surface area contributed by atoms with Crippen LogP contribution in [-0.4, -0.2) is 4.92 Å². The van der Waals surface area contributed by atoms with E-state index in [-0.39, 0.29) is 10.6 Å². The molecule has 0 atom stereocenters. The fraction of sp³-hybridized carbons (Fsp3) is 0.333. The molecule has 3 heteroatoms. The quantitative estimate of drug-likeness (QED) is 0.544. The molecule has 0 amide bonds. The van der Waals surface area contributed by atoms with Crippen LogP contribution in [0.1, 0.15) is 30.9 Å². The molecule has 1 aromatic carbocycles. The van der Waals surface area contributed by atoms with Crippen molar-refractivity contribution < 1.29 is 4.92 Å². The summed E-state index contributed by atoms with van der Waals surface area (Å²) >= 11 is 0. The molecule has 0 radical (unpaired) electrons. The van der Waals surface area contributed by atoms with Gasteiger partial charge in [0, 0.05) is 12.1 Å². The second-order valence-electron chi connectivity index (χ2n) is 3.45. The molecule has 0 aliphatic heterocycles. The van der Waals surface area contributed by atoms with Gasteiger partial charge in [-0.25, -0.2) is 0 Å². The first-order valence-corrected chi connectivity index (χ1v) is 5.08. The first-order valence-electron chi connectivity index (χ1n) is 5.08. The van der Waals surface area contributed by atoms with Crippen LogP contribution < -0.4 is 0 Å². The van der Waals surface area contributed by atoms with Gasteiger partial charge in [0.1, 0.15) is 0 Å². The number of nitro benzene ring substituents is 1. The Morgan fingerprint density at radius 1 is 1.53 bits per heavy atom. The average Bonchev–Trinajstić information content (AvgIpc) is 2.25. The van der Waals surface area contributed by atoms with Crippen molar-refractivity contribution in [3.8, 4) is 0 Å². The molecule has 80 valence electrons. The van der Waals surface area contributed by atoms with Gasteiger partial charge in [-0.3, -0.25) is 10.1 Å². The zero-order chi connectivity index (χ0) is 11.3. The first kappa shape index (κ1) is 11.4. The number of benzene rings is 1. The fourth-order valence-electron chi connectivity index (χ4n) is 1.49. The monoisotopic (exact) mass is 205 g/mol. The second kappa shape index (κ2) is 5.29. The van der Waals surface area contributed by atoms with E-state index in [1.807, 2.05) is 0 Å². The summed E-state index contributed by atoms with van der Waals surface area (Å²) in [6, 6.07) is 4.93. The molecule has 0 saturated heterocycles. The molecule has 0 N–H and O–H groups in total. The number of aryl methyl sites for hydroxylation is 1. The maximum Gasteiger partial charge on any atom is 0.269 e. The Morgan fingerprint density at radius 2 is 2.27 bits per heavy atom. The summed E-state index contributed by atoms with van der Waals surface area (Å²) in [5.41, 5.74) is 2.17. The van der Waals surface area contributed by atoms with E-state index in [0.717, 1.165) is 30.4 Å². The van der Waals surface area contributed by atoms with E-state index in [0.29, 0.717) is 0 Å². The summed E-state index contributed by atoms with van der Waals surface area (Å²) in [5, 5.41) is 10.6. The van der Waals surface area contributed by atoms with Crippen LogP contribution in [0.5, 0.6) is 0 Å². The molecule has 1 rings (SSSR count). The van der Waals surface area contributed by atoms with Gasteiger partial charge in [-0.05, 0) is 30.0 Å².